The summed E-state index contributed by atoms with van der Waals surface area (Å²) >= 11 is 1.19. The number of nitrogens with zero attached hydrogens (tertiary/aromatic N) is 3. The van der Waals surface area contributed by atoms with E-state index in [1.54, 1.807) is 44.2 Å². The van der Waals surface area contributed by atoms with Crippen LogP contribution in [0, 0.1) is 6.92 Å². The highest BCUT2D eigenvalue weighted by atomic mass is 32.2. The number of hydrogen-bond donors (Lipinski definition) is 3. The summed E-state index contributed by atoms with van der Waals surface area (Å²) in [6.07, 6.45) is 2.97. The summed E-state index contributed by atoms with van der Waals surface area (Å²) in [7, 11) is 0. The van der Waals surface area contributed by atoms with Crippen molar-refractivity contribution in [3.63, 3.8) is 0 Å². The Hall–Kier alpha value is -3.40. The zero-order chi connectivity index (χ0) is 20.8. The largest absolute Gasteiger partial charge is 0.508 e. The Morgan fingerprint density at radius 3 is 2.62 bits per heavy atom. The minimum absolute atomic E-state index is 0.0841. The molecule has 150 valence electrons. The first-order chi connectivity index (χ1) is 13.9. The SMILES string of the molecule is Cc1cc(NC(=O)C(C)SCC(=O)Nc2cnc(-c3cccc(O)c3)nc2)no1. The van der Waals surface area contributed by atoms with Gasteiger partial charge in [-0.3, -0.25) is 9.59 Å². The number of carbonyl (C=O) groups is 2. The van der Waals surface area contributed by atoms with Gasteiger partial charge < -0.3 is 20.3 Å². The summed E-state index contributed by atoms with van der Waals surface area (Å²) < 4.78 is 4.89. The van der Waals surface area contributed by atoms with E-state index >= 15 is 0 Å². The van der Waals surface area contributed by atoms with E-state index in [1.807, 2.05) is 0 Å². The molecule has 0 saturated heterocycles. The minimum atomic E-state index is -0.456. The van der Waals surface area contributed by atoms with Crippen molar-refractivity contribution in [1.82, 2.24) is 15.1 Å². The normalized spacial score (nSPS) is 11.7. The van der Waals surface area contributed by atoms with Gasteiger partial charge in [-0.2, -0.15) is 0 Å². The highest BCUT2D eigenvalue weighted by molar-refractivity contribution is 8.01. The molecule has 3 N–H and O–H groups in total. The molecular formula is C19H19N5O4S. The second-order valence-corrected chi connectivity index (χ2v) is 7.49. The van der Waals surface area contributed by atoms with Crippen LogP contribution >= 0.6 is 11.8 Å². The Labute approximate surface area is 170 Å². The van der Waals surface area contributed by atoms with Crippen LogP contribution in [0.15, 0.2) is 47.2 Å². The van der Waals surface area contributed by atoms with Crippen molar-refractivity contribution in [2.24, 2.45) is 0 Å². The van der Waals surface area contributed by atoms with Crippen molar-refractivity contribution >= 4 is 35.1 Å². The van der Waals surface area contributed by atoms with E-state index in [-0.39, 0.29) is 23.3 Å². The predicted octanol–water partition coefficient (Wildman–Crippen LogP) is 2.84. The standard InChI is InChI=1S/C19H19N5O4S/c1-11-6-16(24-28-11)23-19(27)12(2)29-10-17(26)22-14-8-20-18(21-9-14)13-4-3-5-15(25)7-13/h3-9,12,25H,10H2,1-2H3,(H,22,26)(H,23,24,27). The number of aromatic nitrogens is 3. The fraction of sp³-hybridized carbons (Fsp3) is 0.211. The van der Waals surface area contributed by atoms with E-state index < -0.39 is 5.25 Å². The van der Waals surface area contributed by atoms with Gasteiger partial charge in [0.15, 0.2) is 11.6 Å². The third-order valence-electron chi connectivity index (χ3n) is 3.75. The van der Waals surface area contributed by atoms with Crippen molar-refractivity contribution in [1.29, 1.82) is 0 Å². The fourth-order valence-electron chi connectivity index (χ4n) is 2.31. The third-order valence-corrected chi connectivity index (χ3v) is 4.90. The van der Waals surface area contributed by atoms with E-state index in [9.17, 15) is 14.7 Å². The number of aryl methyl sites for hydroxylation is 1. The number of nitrogens with one attached hydrogen (secondary N) is 2. The van der Waals surface area contributed by atoms with Crippen LogP contribution < -0.4 is 10.6 Å². The van der Waals surface area contributed by atoms with Gasteiger partial charge in [0.2, 0.25) is 11.8 Å². The number of carbonyl (C=O) groups excluding carboxylic acids is 2. The molecule has 0 bridgehead atoms. The molecule has 2 amide bonds. The third kappa shape index (κ3) is 5.79. The van der Waals surface area contributed by atoms with Gasteiger partial charge in [-0.1, -0.05) is 17.3 Å². The van der Waals surface area contributed by atoms with E-state index in [2.05, 4.69) is 25.8 Å². The monoisotopic (exact) mass is 413 g/mol. The van der Waals surface area contributed by atoms with Crippen LogP contribution in [0.2, 0.25) is 0 Å². The van der Waals surface area contributed by atoms with Crippen molar-refractivity contribution in [2.45, 2.75) is 19.1 Å². The molecule has 29 heavy (non-hydrogen) atoms. The quantitative estimate of drug-likeness (QED) is 0.539. The lowest BCUT2D eigenvalue weighted by atomic mass is 10.2. The maximum absolute atomic E-state index is 12.1. The van der Waals surface area contributed by atoms with Crippen molar-refractivity contribution < 1.29 is 19.2 Å². The number of phenols is 1. The first-order valence-corrected chi connectivity index (χ1v) is 9.72. The molecule has 0 spiro atoms. The summed E-state index contributed by atoms with van der Waals surface area (Å²) in [5.41, 5.74) is 1.11. The summed E-state index contributed by atoms with van der Waals surface area (Å²) in [5.74, 6) is 1.03. The number of aromatic hydroxyl groups is 1. The summed E-state index contributed by atoms with van der Waals surface area (Å²) in [6.45, 7) is 3.43. The second kappa shape index (κ2) is 9.20. The molecular weight excluding hydrogens is 394 g/mol. The van der Waals surface area contributed by atoms with Crippen molar-refractivity contribution in [2.75, 3.05) is 16.4 Å². The van der Waals surface area contributed by atoms with Crippen LogP contribution in [0.25, 0.3) is 11.4 Å². The van der Waals surface area contributed by atoms with Gasteiger partial charge >= 0.3 is 0 Å². The van der Waals surface area contributed by atoms with E-state index in [0.29, 0.717) is 28.7 Å². The molecule has 0 radical (unpaired) electrons. The number of amides is 2. The average Bonchev–Trinajstić information content (AvgIpc) is 3.11. The Morgan fingerprint density at radius 2 is 1.97 bits per heavy atom. The highest BCUT2D eigenvalue weighted by Crippen LogP contribution is 2.20. The zero-order valence-electron chi connectivity index (χ0n) is 15.7. The topological polar surface area (TPSA) is 130 Å². The lowest BCUT2D eigenvalue weighted by Crippen LogP contribution is -2.25. The lowest BCUT2D eigenvalue weighted by molar-refractivity contribution is -0.115. The van der Waals surface area contributed by atoms with Gasteiger partial charge in [0.25, 0.3) is 0 Å². The van der Waals surface area contributed by atoms with Gasteiger partial charge in [0.1, 0.15) is 11.5 Å². The van der Waals surface area contributed by atoms with Crippen LogP contribution in [-0.2, 0) is 9.59 Å². The molecule has 0 aliphatic heterocycles. The first kappa shape index (κ1) is 20.3. The Morgan fingerprint density at radius 1 is 1.21 bits per heavy atom. The summed E-state index contributed by atoms with van der Waals surface area (Å²) in [5, 5.41) is 18.1. The Balaban J connectivity index is 1.48. The van der Waals surface area contributed by atoms with Gasteiger partial charge in [-0.05, 0) is 26.0 Å². The number of hydrogen-bond acceptors (Lipinski definition) is 8. The van der Waals surface area contributed by atoms with E-state index in [0.717, 1.165) is 0 Å². The van der Waals surface area contributed by atoms with Gasteiger partial charge in [0.05, 0.1) is 29.1 Å². The number of rotatable bonds is 7. The Bertz CT molecular complexity index is 1010. The second-order valence-electron chi connectivity index (χ2n) is 6.16. The van der Waals surface area contributed by atoms with Crippen molar-refractivity contribution in [3.8, 4) is 17.1 Å². The van der Waals surface area contributed by atoms with E-state index in [4.69, 9.17) is 4.52 Å². The molecule has 0 saturated carbocycles. The predicted molar refractivity (Wildman–Crippen MR) is 110 cm³/mol. The van der Waals surface area contributed by atoms with Crippen LogP contribution in [0.1, 0.15) is 12.7 Å². The van der Waals surface area contributed by atoms with Crippen molar-refractivity contribution in [3.05, 3.63) is 48.5 Å². The number of anilines is 2. The molecule has 1 unspecified atom stereocenters. The molecule has 0 aliphatic rings. The fourth-order valence-corrected chi connectivity index (χ4v) is 3.00. The molecule has 3 aromatic rings. The Kier molecular flexibility index (Phi) is 6.45. The molecule has 2 heterocycles. The van der Waals surface area contributed by atoms with Crippen LogP contribution in [-0.4, -0.2) is 43.0 Å². The van der Waals surface area contributed by atoms with Crippen LogP contribution in [0.4, 0.5) is 11.5 Å². The number of phenolic OH excluding ortho intramolecular Hbond substituents is 1. The molecule has 0 fully saturated rings. The van der Waals surface area contributed by atoms with E-state index in [1.165, 1.54) is 24.2 Å². The number of thioether (sulfide) groups is 1. The van der Waals surface area contributed by atoms with Crippen LogP contribution in [0.3, 0.4) is 0 Å². The van der Waals surface area contributed by atoms with Gasteiger partial charge in [-0.25, -0.2) is 9.97 Å². The smallest absolute Gasteiger partial charge is 0.238 e. The summed E-state index contributed by atoms with van der Waals surface area (Å²) in [6, 6.07) is 8.20. The average molecular weight is 413 g/mol. The molecule has 2 aromatic heterocycles. The van der Waals surface area contributed by atoms with Crippen LogP contribution in [0.5, 0.6) is 5.75 Å². The zero-order valence-corrected chi connectivity index (χ0v) is 16.6. The van der Waals surface area contributed by atoms with Gasteiger partial charge in [0, 0.05) is 11.6 Å². The highest BCUT2D eigenvalue weighted by Gasteiger charge is 2.17. The molecule has 0 aliphatic carbocycles. The first-order valence-electron chi connectivity index (χ1n) is 8.68. The maximum atomic E-state index is 12.1. The molecule has 10 heteroatoms. The molecule has 1 aromatic carbocycles. The molecule has 3 rings (SSSR count). The maximum Gasteiger partial charge on any atom is 0.238 e. The number of benzene rings is 1. The lowest BCUT2D eigenvalue weighted by Gasteiger charge is -2.10. The summed E-state index contributed by atoms with van der Waals surface area (Å²) in [4.78, 5) is 32.6. The minimum Gasteiger partial charge on any atom is -0.508 e. The molecule has 9 nitrogen and oxygen atoms in total. The van der Waals surface area contributed by atoms with Gasteiger partial charge in [-0.15, -0.1) is 11.8 Å². The molecule has 1 atom stereocenters.